The Labute approximate surface area is 203 Å². The number of aliphatic hydroxyl groups excluding tert-OH is 1. The van der Waals surface area contributed by atoms with Crippen LogP contribution in [0.4, 0.5) is 0 Å². The molecule has 1 saturated heterocycles. The molecule has 0 spiro atoms. The molecule has 0 amide bonds. The maximum Gasteiger partial charge on any atom is 0.191 e. The number of rotatable bonds is 7. The van der Waals surface area contributed by atoms with Crippen LogP contribution in [0, 0.1) is 0 Å². The summed E-state index contributed by atoms with van der Waals surface area (Å²) in [5, 5.41) is 20.7. The highest BCUT2D eigenvalue weighted by Crippen LogP contribution is 2.30. The van der Waals surface area contributed by atoms with Gasteiger partial charge in [-0.2, -0.15) is 0 Å². The van der Waals surface area contributed by atoms with Gasteiger partial charge in [0, 0.05) is 34.6 Å². The third-order valence-corrected chi connectivity index (χ3v) is 7.57. The maximum absolute atomic E-state index is 10.6. The van der Waals surface area contributed by atoms with Crippen LogP contribution < -0.4 is 10.6 Å². The summed E-state index contributed by atoms with van der Waals surface area (Å²) < 4.78 is 1.20. The van der Waals surface area contributed by atoms with E-state index in [0.717, 1.165) is 30.5 Å². The summed E-state index contributed by atoms with van der Waals surface area (Å²) in [5.74, 6) is 0.728. The van der Waals surface area contributed by atoms with E-state index in [4.69, 9.17) is 0 Å². The molecule has 4 rings (SSSR count). The van der Waals surface area contributed by atoms with E-state index in [1.165, 1.54) is 27.8 Å². The number of aliphatic hydroxyl groups is 1. The van der Waals surface area contributed by atoms with Crippen molar-refractivity contribution in [2.24, 2.45) is 4.99 Å². The normalized spacial score (nSPS) is 16.9. The molecule has 5 nitrogen and oxygen atoms in total. The van der Waals surface area contributed by atoms with E-state index in [1.807, 2.05) is 23.5 Å². The lowest BCUT2D eigenvalue weighted by Crippen LogP contribution is -2.43. The number of nitrogens with zero attached hydrogens (tertiary/aromatic N) is 2. The summed E-state index contributed by atoms with van der Waals surface area (Å²) in [6, 6.07) is 15.0. The predicted octanol–water partition coefficient (Wildman–Crippen LogP) is 4.62. The quantitative estimate of drug-likeness (QED) is 0.226. The lowest BCUT2D eigenvalue weighted by atomic mass is 10.2. The molecule has 3 aromatic rings. The minimum atomic E-state index is -0.558. The van der Waals surface area contributed by atoms with Gasteiger partial charge in [0.15, 0.2) is 5.96 Å². The number of guanidine groups is 1. The Balaban J connectivity index is 0.00000256. The Morgan fingerprint density at radius 1 is 1.10 bits per heavy atom. The van der Waals surface area contributed by atoms with Crippen LogP contribution >= 0.6 is 46.7 Å². The number of hydrogen-bond acceptors (Lipinski definition) is 5. The summed E-state index contributed by atoms with van der Waals surface area (Å²) in [6.45, 7) is 3.54. The molecule has 1 fully saturated rings. The SMILES string of the molecule is CN=C(NCC(O)c1cc2ccccc2s1)NCC(c1cccs1)N1CCCC1.I. The second kappa shape index (κ2) is 11.4. The molecular weight excluding hydrogens is 527 g/mol. The zero-order chi connectivity index (χ0) is 20.1. The van der Waals surface area contributed by atoms with Gasteiger partial charge in [0.25, 0.3) is 0 Å². The monoisotopic (exact) mass is 556 g/mol. The van der Waals surface area contributed by atoms with E-state index in [2.05, 4.69) is 56.2 Å². The molecule has 1 aromatic carbocycles. The van der Waals surface area contributed by atoms with Crippen molar-refractivity contribution < 1.29 is 5.11 Å². The lowest BCUT2D eigenvalue weighted by molar-refractivity contribution is 0.184. The molecule has 3 heterocycles. The molecule has 2 unspecified atom stereocenters. The van der Waals surface area contributed by atoms with Crippen molar-refractivity contribution in [3.63, 3.8) is 0 Å². The summed E-state index contributed by atoms with van der Waals surface area (Å²) in [5.41, 5.74) is 0. The second-order valence-electron chi connectivity index (χ2n) is 7.31. The Bertz CT molecular complexity index is 905. The van der Waals surface area contributed by atoms with Gasteiger partial charge in [0.05, 0.1) is 6.04 Å². The Morgan fingerprint density at radius 3 is 2.57 bits per heavy atom. The third kappa shape index (κ3) is 5.73. The van der Waals surface area contributed by atoms with Gasteiger partial charge in [-0.3, -0.25) is 9.89 Å². The molecule has 3 N–H and O–H groups in total. The van der Waals surface area contributed by atoms with Crippen LogP contribution in [-0.2, 0) is 0 Å². The highest BCUT2D eigenvalue weighted by atomic mass is 127. The number of thiophene rings is 2. The molecule has 0 saturated carbocycles. The van der Waals surface area contributed by atoms with Crippen LogP contribution in [0.25, 0.3) is 10.1 Å². The average molecular weight is 557 g/mol. The Morgan fingerprint density at radius 2 is 1.87 bits per heavy atom. The maximum atomic E-state index is 10.6. The third-order valence-electron chi connectivity index (χ3n) is 5.38. The van der Waals surface area contributed by atoms with Crippen LogP contribution in [0.15, 0.2) is 52.8 Å². The smallest absolute Gasteiger partial charge is 0.191 e. The van der Waals surface area contributed by atoms with Crippen molar-refractivity contribution >= 4 is 62.7 Å². The number of aliphatic imine (C=N–C) groups is 1. The summed E-state index contributed by atoms with van der Waals surface area (Å²) in [7, 11) is 1.77. The van der Waals surface area contributed by atoms with Crippen LogP contribution in [0.5, 0.6) is 0 Å². The van der Waals surface area contributed by atoms with Crippen LogP contribution in [-0.4, -0.2) is 49.2 Å². The van der Waals surface area contributed by atoms with E-state index < -0.39 is 6.10 Å². The first-order chi connectivity index (χ1) is 14.2. The average Bonchev–Trinajstić information content (AvgIpc) is 3.51. The molecule has 2 aromatic heterocycles. The highest BCUT2D eigenvalue weighted by Gasteiger charge is 2.24. The number of halogens is 1. The van der Waals surface area contributed by atoms with Gasteiger partial charge < -0.3 is 15.7 Å². The molecule has 30 heavy (non-hydrogen) atoms. The minimum absolute atomic E-state index is 0. The van der Waals surface area contributed by atoms with Gasteiger partial charge in [-0.25, -0.2) is 0 Å². The largest absolute Gasteiger partial charge is 0.386 e. The van der Waals surface area contributed by atoms with Crippen molar-refractivity contribution in [1.82, 2.24) is 15.5 Å². The van der Waals surface area contributed by atoms with E-state index in [-0.39, 0.29) is 24.0 Å². The summed E-state index contributed by atoms with van der Waals surface area (Å²) >= 11 is 3.46. The Kier molecular flexibility index (Phi) is 8.94. The fourth-order valence-corrected chi connectivity index (χ4v) is 5.73. The zero-order valence-electron chi connectivity index (χ0n) is 17.1. The topological polar surface area (TPSA) is 59.9 Å². The lowest BCUT2D eigenvalue weighted by Gasteiger charge is -2.27. The van der Waals surface area contributed by atoms with E-state index in [9.17, 15) is 5.11 Å². The van der Waals surface area contributed by atoms with Gasteiger partial charge in [-0.1, -0.05) is 24.3 Å². The van der Waals surface area contributed by atoms with Crippen molar-refractivity contribution in [1.29, 1.82) is 0 Å². The zero-order valence-corrected chi connectivity index (χ0v) is 21.0. The van der Waals surface area contributed by atoms with Gasteiger partial charge in [-0.15, -0.1) is 46.7 Å². The predicted molar refractivity (Wildman–Crippen MR) is 139 cm³/mol. The highest BCUT2D eigenvalue weighted by molar-refractivity contribution is 14.0. The molecule has 0 aliphatic carbocycles. The summed E-state index contributed by atoms with van der Waals surface area (Å²) in [4.78, 5) is 9.27. The molecule has 0 bridgehead atoms. The number of fused-ring (bicyclic) bond motifs is 1. The molecular formula is C22H29IN4OS2. The molecule has 1 aliphatic rings. The van der Waals surface area contributed by atoms with E-state index >= 15 is 0 Å². The van der Waals surface area contributed by atoms with Gasteiger partial charge >= 0.3 is 0 Å². The number of nitrogens with one attached hydrogen (secondary N) is 2. The second-order valence-corrected chi connectivity index (χ2v) is 9.41. The summed E-state index contributed by atoms with van der Waals surface area (Å²) in [6.07, 6.45) is 1.99. The number of benzene rings is 1. The van der Waals surface area contributed by atoms with Crippen molar-refractivity contribution in [2.45, 2.75) is 25.0 Å². The molecule has 2 atom stereocenters. The van der Waals surface area contributed by atoms with Crippen LogP contribution in [0.1, 0.15) is 34.7 Å². The van der Waals surface area contributed by atoms with Crippen LogP contribution in [0.3, 0.4) is 0 Å². The van der Waals surface area contributed by atoms with Crippen molar-refractivity contribution in [3.8, 4) is 0 Å². The first-order valence-corrected chi connectivity index (χ1v) is 11.8. The molecule has 0 radical (unpaired) electrons. The van der Waals surface area contributed by atoms with Crippen molar-refractivity contribution in [2.75, 3.05) is 33.2 Å². The molecule has 162 valence electrons. The van der Waals surface area contributed by atoms with E-state index in [0.29, 0.717) is 12.6 Å². The first-order valence-electron chi connectivity index (χ1n) is 10.1. The van der Waals surface area contributed by atoms with Gasteiger partial charge in [0.1, 0.15) is 6.10 Å². The molecule has 8 heteroatoms. The van der Waals surface area contributed by atoms with Crippen molar-refractivity contribution in [3.05, 3.63) is 57.6 Å². The fourth-order valence-electron chi connectivity index (χ4n) is 3.82. The molecule has 1 aliphatic heterocycles. The number of likely N-dealkylation sites (tertiary alicyclic amines) is 1. The first kappa shape index (κ1) is 23.5. The Hall–Kier alpha value is -1.20. The van der Waals surface area contributed by atoms with Crippen LogP contribution in [0.2, 0.25) is 0 Å². The fraction of sp³-hybridized carbons (Fsp3) is 0.409. The standard InChI is InChI=1S/C22H28N4OS2.HI/c1-23-22(24-14-17(20-9-6-12-28-20)26-10-4-5-11-26)25-15-18(27)21-13-16-7-2-3-8-19(16)29-21;/h2-3,6-9,12-13,17-18,27H,4-5,10-11,14-15H2,1H3,(H2,23,24,25);1H. The van der Waals surface area contributed by atoms with Gasteiger partial charge in [-0.05, 0) is 54.9 Å². The van der Waals surface area contributed by atoms with Gasteiger partial charge in [0.2, 0.25) is 0 Å². The van der Waals surface area contributed by atoms with E-state index in [1.54, 1.807) is 18.4 Å². The number of hydrogen-bond donors (Lipinski definition) is 3. The minimum Gasteiger partial charge on any atom is -0.386 e.